The lowest BCUT2D eigenvalue weighted by Gasteiger charge is -2.28. The molecule has 0 radical (unpaired) electrons. The molecule has 0 atom stereocenters. The highest BCUT2D eigenvalue weighted by molar-refractivity contribution is 6.32. The van der Waals surface area contributed by atoms with Gasteiger partial charge in [0.05, 0.1) is 12.1 Å². The monoisotopic (exact) mass is 269 g/mol. The summed E-state index contributed by atoms with van der Waals surface area (Å²) in [5.41, 5.74) is 2.04. The zero-order chi connectivity index (χ0) is 13.9. The van der Waals surface area contributed by atoms with Crippen LogP contribution in [-0.4, -0.2) is 19.6 Å². The molecule has 1 rings (SSSR count). The summed E-state index contributed by atoms with van der Waals surface area (Å²) < 4.78 is 5.19. The maximum atomic E-state index is 11.0. The fraction of sp³-hybridized carbons (Fsp3) is 0.500. The van der Waals surface area contributed by atoms with Gasteiger partial charge in [-0.05, 0) is 30.2 Å². The van der Waals surface area contributed by atoms with E-state index >= 15 is 0 Å². The molecule has 1 amide bonds. The van der Waals surface area contributed by atoms with Gasteiger partial charge in [-0.2, -0.15) is 0 Å². The van der Waals surface area contributed by atoms with Crippen LogP contribution < -0.4 is 10.1 Å². The van der Waals surface area contributed by atoms with Gasteiger partial charge in [0.25, 0.3) is 0 Å². The number of benzene rings is 1. The molecule has 0 aliphatic carbocycles. The Kier molecular flexibility index (Phi) is 4.63. The molecule has 0 spiro atoms. The predicted octanol–water partition coefficient (Wildman–Crippen LogP) is 3.07. The Morgan fingerprint density at radius 2 is 2.06 bits per heavy atom. The number of methoxy groups -OCH3 is 1. The number of nitrogens with one attached hydrogen (secondary N) is 1. The van der Waals surface area contributed by atoms with Crippen LogP contribution in [0.25, 0.3) is 0 Å². The predicted molar refractivity (Wildman–Crippen MR) is 74.5 cm³/mol. The van der Waals surface area contributed by atoms with Crippen LogP contribution in [-0.2, 0) is 10.2 Å². The Labute approximate surface area is 113 Å². The summed E-state index contributed by atoms with van der Waals surface area (Å²) in [6.45, 7) is 8.27. The van der Waals surface area contributed by atoms with E-state index in [0.717, 1.165) is 11.1 Å². The summed E-state index contributed by atoms with van der Waals surface area (Å²) in [5.74, 6) is 0.647. The molecular formula is C14H20ClNO2. The summed E-state index contributed by atoms with van der Waals surface area (Å²) in [7, 11) is 1.60. The minimum absolute atomic E-state index is 0.0275. The number of carbonyl (C=O) groups excluding carboxylic acids is 1. The molecule has 0 saturated carbocycles. The first-order chi connectivity index (χ1) is 8.27. The summed E-state index contributed by atoms with van der Waals surface area (Å²) in [6, 6.07) is 3.84. The van der Waals surface area contributed by atoms with Gasteiger partial charge in [-0.3, -0.25) is 4.79 Å². The van der Waals surface area contributed by atoms with Crippen molar-refractivity contribution in [3.63, 3.8) is 0 Å². The summed E-state index contributed by atoms with van der Waals surface area (Å²) in [4.78, 5) is 11.0. The number of ether oxygens (including phenoxy) is 1. The number of halogens is 1. The number of hydrogen-bond donors (Lipinski definition) is 1. The van der Waals surface area contributed by atoms with Gasteiger partial charge in [0.15, 0.2) is 0 Å². The second-order valence-electron chi connectivity index (χ2n) is 5.10. The molecule has 0 aliphatic rings. The topological polar surface area (TPSA) is 38.3 Å². The molecule has 100 valence electrons. The van der Waals surface area contributed by atoms with E-state index in [4.69, 9.17) is 16.3 Å². The largest absolute Gasteiger partial charge is 0.495 e. The summed E-state index contributed by atoms with van der Waals surface area (Å²) in [6.07, 6.45) is 0. The quantitative estimate of drug-likeness (QED) is 0.912. The number of hydrogen-bond acceptors (Lipinski definition) is 2. The summed E-state index contributed by atoms with van der Waals surface area (Å²) in [5, 5.41) is 3.44. The first-order valence-corrected chi connectivity index (χ1v) is 6.25. The van der Waals surface area contributed by atoms with Crippen molar-refractivity contribution in [2.24, 2.45) is 0 Å². The highest BCUT2D eigenvalue weighted by Gasteiger charge is 2.24. The van der Waals surface area contributed by atoms with Crippen molar-refractivity contribution >= 4 is 17.5 Å². The van der Waals surface area contributed by atoms with E-state index in [0.29, 0.717) is 17.3 Å². The smallest absolute Gasteiger partial charge is 0.216 e. The highest BCUT2D eigenvalue weighted by Crippen LogP contribution is 2.34. The Morgan fingerprint density at radius 3 is 2.56 bits per heavy atom. The number of rotatable bonds is 4. The lowest BCUT2D eigenvalue weighted by Crippen LogP contribution is -2.36. The zero-order valence-electron chi connectivity index (χ0n) is 11.6. The Hall–Kier alpha value is -1.22. The van der Waals surface area contributed by atoms with Crippen LogP contribution in [0.4, 0.5) is 0 Å². The van der Waals surface area contributed by atoms with Gasteiger partial charge in [0.1, 0.15) is 5.75 Å². The third kappa shape index (κ3) is 3.39. The van der Waals surface area contributed by atoms with Gasteiger partial charge in [0, 0.05) is 18.9 Å². The molecule has 1 N–H and O–H groups in total. The SMILES string of the molecule is COc1cc(C)c(C(C)(C)CNC(C)=O)cc1Cl. The van der Waals surface area contributed by atoms with Crippen LogP contribution in [0.15, 0.2) is 12.1 Å². The van der Waals surface area contributed by atoms with Gasteiger partial charge < -0.3 is 10.1 Å². The van der Waals surface area contributed by atoms with Crippen LogP contribution in [0.2, 0.25) is 5.02 Å². The van der Waals surface area contributed by atoms with Crippen LogP contribution in [0.1, 0.15) is 31.9 Å². The molecule has 0 aromatic heterocycles. The van der Waals surface area contributed by atoms with Crippen molar-refractivity contribution in [2.75, 3.05) is 13.7 Å². The average Bonchev–Trinajstić information content (AvgIpc) is 2.29. The van der Waals surface area contributed by atoms with Crippen molar-refractivity contribution in [1.29, 1.82) is 0 Å². The van der Waals surface area contributed by atoms with E-state index in [-0.39, 0.29) is 11.3 Å². The first kappa shape index (κ1) is 14.8. The lowest BCUT2D eigenvalue weighted by molar-refractivity contribution is -0.119. The van der Waals surface area contributed by atoms with Gasteiger partial charge in [-0.25, -0.2) is 0 Å². The molecular weight excluding hydrogens is 250 g/mol. The lowest BCUT2D eigenvalue weighted by atomic mass is 9.82. The molecule has 0 bridgehead atoms. The van der Waals surface area contributed by atoms with Gasteiger partial charge >= 0.3 is 0 Å². The number of carbonyl (C=O) groups is 1. The Balaban J connectivity index is 3.08. The highest BCUT2D eigenvalue weighted by atomic mass is 35.5. The molecule has 3 nitrogen and oxygen atoms in total. The second-order valence-corrected chi connectivity index (χ2v) is 5.50. The Morgan fingerprint density at radius 1 is 1.44 bits per heavy atom. The van der Waals surface area contributed by atoms with Gasteiger partial charge in [-0.15, -0.1) is 0 Å². The van der Waals surface area contributed by atoms with Crippen molar-refractivity contribution in [1.82, 2.24) is 5.32 Å². The third-order valence-electron chi connectivity index (χ3n) is 3.01. The van der Waals surface area contributed by atoms with E-state index in [9.17, 15) is 4.79 Å². The molecule has 4 heteroatoms. The first-order valence-electron chi connectivity index (χ1n) is 5.87. The van der Waals surface area contributed by atoms with Gasteiger partial charge in [0.2, 0.25) is 5.91 Å². The zero-order valence-corrected chi connectivity index (χ0v) is 12.3. The third-order valence-corrected chi connectivity index (χ3v) is 3.30. The maximum absolute atomic E-state index is 11.0. The van der Waals surface area contributed by atoms with Gasteiger partial charge in [-0.1, -0.05) is 25.4 Å². The molecule has 1 aromatic carbocycles. The molecule has 0 unspecified atom stereocenters. The van der Waals surface area contributed by atoms with E-state index in [1.807, 2.05) is 19.1 Å². The van der Waals surface area contributed by atoms with Crippen LogP contribution in [0.5, 0.6) is 5.75 Å². The fourth-order valence-corrected chi connectivity index (χ4v) is 2.22. The van der Waals surface area contributed by atoms with Crippen LogP contribution >= 0.6 is 11.6 Å². The second kappa shape index (κ2) is 5.61. The fourth-order valence-electron chi connectivity index (χ4n) is 1.98. The van der Waals surface area contributed by atoms with E-state index in [2.05, 4.69) is 19.2 Å². The minimum atomic E-state index is -0.175. The molecule has 0 saturated heterocycles. The molecule has 0 aliphatic heterocycles. The van der Waals surface area contributed by atoms with Crippen molar-refractivity contribution < 1.29 is 9.53 Å². The summed E-state index contributed by atoms with van der Waals surface area (Å²) >= 11 is 6.16. The van der Waals surface area contributed by atoms with E-state index in [1.54, 1.807) is 7.11 Å². The molecule has 0 heterocycles. The minimum Gasteiger partial charge on any atom is -0.495 e. The normalized spacial score (nSPS) is 11.2. The van der Waals surface area contributed by atoms with E-state index in [1.165, 1.54) is 6.92 Å². The van der Waals surface area contributed by atoms with Crippen molar-refractivity contribution in [3.8, 4) is 5.75 Å². The van der Waals surface area contributed by atoms with Crippen LogP contribution in [0, 0.1) is 6.92 Å². The molecule has 1 aromatic rings. The van der Waals surface area contributed by atoms with Crippen LogP contribution in [0.3, 0.4) is 0 Å². The van der Waals surface area contributed by atoms with E-state index < -0.39 is 0 Å². The van der Waals surface area contributed by atoms with Crippen molar-refractivity contribution in [3.05, 3.63) is 28.3 Å². The van der Waals surface area contributed by atoms with Crippen molar-refractivity contribution in [2.45, 2.75) is 33.1 Å². The Bertz CT molecular complexity index is 455. The maximum Gasteiger partial charge on any atom is 0.216 e. The average molecular weight is 270 g/mol. The standard InChI is InChI=1S/C14H20ClNO2/c1-9-6-13(18-5)12(15)7-11(9)14(3,4)8-16-10(2)17/h6-7H,8H2,1-5H3,(H,16,17). The molecule has 0 fully saturated rings. The molecule has 18 heavy (non-hydrogen) atoms. The number of amides is 1. The number of aryl methyl sites for hydroxylation is 1.